The number of ether oxygens (including phenoxy) is 4. The van der Waals surface area contributed by atoms with Gasteiger partial charge in [-0.2, -0.15) is 10.1 Å². The first kappa shape index (κ1) is 24.3. The lowest BCUT2D eigenvalue weighted by molar-refractivity contribution is -0.384. The Labute approximate surface area is 207 Å². The standard InChI is InChI=1S/C26H23N3O7/c1-33-20-12-5-16(6-13-20)23-21(15-17-7-14-22(34-2)25(36-4)24(17)35-3)26(30)28(27-23)18-8-10-19(11-9-18)29(31)32/h5-15H,1-4H3/b21-15-. The van der Waals surface area contributed by atoms with Gasteiger partial charge in [-0.05, 0) is 54.6 Å². The topological polar surface area (TPSA) is 113 Å². The first-order chi connectivity index (χ1) is 17.4. The Bertz CT molecular complexity index is 1360. The normalized spacial score (nSPS) is 14.0. The number of anilines is 1. The molecule has 0 N–H and O–H groups in total. The summed E-state index contributed by atoms with van der Waals surface area (Å²) < 4.78 is 21.7. The summed E-state index contributed by atoms with van der Waals surface area (Å²) in [5.74, 6) is 1.50. The predicted molar refractivity (Wildman–Crippen MR) is 134 cm³/mol. The van der Waals surface area contributed by atoms with E-state index in [0.29, 0.717) is 51.1 Å². The lowest BCUT2D eigenvalue weighted by Crippen LogP contribution is -2.21. The fraction of sp³-hybridized carbons (Fsp3) is 0.154. The Hall–Kier alpha value is -4.86. The molecular weight excluding hydrogens is 466 g/mol. The van der Waals surface area contributed by atoms with Gasteiger partial charge in [-0.3, -0.25) is 14.9 Å². The van der Waals surface area contributed by atoms with E-state index in [9.17, 15) is 14.9 Å². The van der Waals surface area contributed by atoms with Crippen LogP contribution in [0.5, 0.6) is 23.0 Å². The van der Waals surface area contributed by atoms with Gasteiger partial charge < -0.3 is 18.9 Å². The van der Waals surface area contributed by atoms with Crippen LogP contribution in [0.15, 0.2) is 71.3 Å². The molecular formula is C26H23N3O7. The van der Waals surface area contributed by atoms with Gasteiger partial charge >= 0.3 is 0 Å². The van der Waals surface area contributed by atoms with Crippen molar-refractivity contribution in [3.05, 3.63) is 87.5 Å². The number of nitro groups is 1. The number of carbonyl (C=O) groups is 1. The van der Waals surface area contributed by atoms with Gasteiger partial charge in [0.2, 0.25) is 5.75 Å². The molecule has 10 heteroatoms. The lowest BCUT2D eigenvalue weighted by atomic mass is 9.99. The number of hydrazone groups is 1. The fourth-order valence-electron chi connectivity index (χ4n) is 3.79. The Kier molecular flexibility index (Phi) is 6.86. The molecule has 0 unspecified atom stereocenters. The maximum atomic E-state index is 13.6. The van der Waals surface area contributed by atoms with E-state index in [0.717, 1.165) is 0 Å². The highest BCUT2D eigenvalue weighted by Crippen LogP contribution is 2.41. The predicted octanol–water partition coefficient (Wildman–Crippen LogP) is 4.46. The molecule has 0 aromatic heterocycles. The largest absolute Gasteiger partial charge is 0.497 e. The molecule has 3 aromatic rings. The zero-order valence-electron chi connectivity index (χ0n) is 20.1. The number of amides is 1. The SMILES string of the molecule is COc1ccc(C2=NN(c3ccc([N+](=O)[O-])cc3)C(=O)/C2=C\c2ccc(OC)c(OC)c2OC)cc1. The molecule has 1 aliphatic rings. The summed E-state index contributed by atoms with van der Waals surface area (Å²) in [5.41, 5.74) is 2.27. The summed E-state index contributed by atoms with van der Waals surface area (Å²) >= 11 is 0. The van der Waals surface area contributed by atoms with Gasteiger partial charge in [0.25, 0.3) is 11.6 Å². The number of benzene rings is 3. The Morgan fingerprint density at radius 1 is 0.833 bits per heavy atom. The van der Waals surface area contributed by atoms with E-state index in [1.807, 2.05) is 0 Å². The Balaban J connectivity index is 1.85. The third kappa shape index (κ3) is 4.43. The van der Waals surface area contributed by atoms with Gasteiger partial charge in [0.05, 0.1) is 44.6 Å². The van der Waals surface area contributed by atoms with Crippen molar-refractivity contribution < 1.29 is 28.7 Å². The second kappa shape index (κ2) is 10.2. The van der Waals surface area contributed by atoms with Gasteiger partial charge in [-0.15, -0.1) is 0 Å². The van der Waals surface area contributed by atoms with Crippen LogP contribution in [-0.2, 0) is 4.79 Å². The van der Waals surface area contributed by atoms with Gasteiger partial charge in [0, 0.05) is 23.3 Å². The van der Waals surface area contributed by atoms with E-state index in [1.165, 1.54) is 50.6 Å². The number of nitrogens with zero attached hydrogens (tertiary/aromatic N) is 3. The molecule has 3 aromatic carbocycles. The van der Waals surface area contributed by atoms with Crippen LogP contribution >= 0.6 is 0 Å². The van der Waals surface area contributed by atoms with Crippen LogP contribution in [0, 0.1) is 10.1 Å². The molecule has 1 aliphatic heterocycles. The molecule has 0 saturated carbocycles. The molecule has 0 spiro atoms. The van der Waals surface area contributed by atoms with Crippen LogP contribution in [0.1, 0.15) is 11.1 Å². The molecule has 0 atom stereocenters. The van der Waals surface area contributed by atoms with Crippen molar-refractivity contribution in [1.29, 1.82) is 0 Å². The highest BCUT2D eigenvalue weighted by atomic mass is 16.6. The van der Waals surface area contributed by atoms with E-state index >= 15 is 0 Å². The molecule has 0 fully saturated rings. The summed E-state index contributed by atoms with van der Waals surface area (Å²) in [5, 5.41) is 16.8. The monoisotopic (exact) mass is 489 g/mol. The molecule has 1 heterocycles. The summed E-state index contributed by atoms with van der Waals surface area (Å²) in [6, 6.07) is 16.2. The van der Waals surface area contributed by atoms with Gasteiger partial charge in [-0.1, -0.05) is 0 Å². The molecule has 0 saturated heterocycles. The highest BCUT2D eigenvalue weighted by molar-refractivity contribution is 6.37. The van der Waals surface area contributed by atoms with Crippen molar-refractivity contribution in [2.24, 2.45) is 5.10 Å². The van der Waals surface area contributed by atoms with E-state index in [4.69, 9.17) is 18.9 Å². The van der Waals surface area contributed by atoms with E-state index in [1.54, 1.807) is 49.6 Å². The molecule has 1 amide bonds. The van der Waals surface area contributed by atoms with Crippen LogP contribution in [-0.4, -0.2) is 45.0 Å². The van der Waals surface area contributed by atoms with Crippen LogP contribution in [0.25, 0.3) is 6.08 Å². The van der Waals surface area contributed by atoms with Gasteiger partial charge in [0.1, 0.15) is 11.5 Å². The van der Waals surface area contributed by atoms with Crippen molar-refractivity contribution in [1.82, 2.24) is 0 Å². The zero-order chi connectivity index (χ0) is 25.8. The summed E-state index contributed by atoms with van der Waals surface area (Å²) in [7, 11) is 6.08. The van der Waals surface area contributed by atoms with Crippen LogP contribution in [0.3, 0.4) is 0 Å². The van der Waals surface area contributed by atoms with Crippen molar-refractivity contribution >= 4 is 29.1 Å². The van der Waals surface area contributed by atoms with Crippen molar-refractivity contribution in [2.45, 2.75) is 0 Å². The van der Waals surface area contributed by atoms with E-state index in [-0.39, 0.29) is 5.69 Å². The van der Waals surface area contributed by atoms with Gasteiger partial charge in [0.15, 0.2) is 11.5 Å². The van der Waals surface area contributed by atoms with Crippen molar-refractivity contribution in [3.63, 3.8) is 0 Å². The third-order valence-corrected chi connectivity index (χ3v) is 5.58. The molecule has 10 nitrogen and oxygen atoms in total. The molecule has 0 aliphatic carbocycles. The number of rotatable bonds is 8. The maximum absolute atomic E-state index is 13.6. The van der Waals surface area contributed by atoms with Crippen molar-refractivity contribution in [2.75, 3.05) is 33.4 Å². The van der Waals surface area contributed by atoms with E-state index < -0.39 is 10.8 Å². The van der Waals surface area contributed by atoms with Crippen molar-refractivity contribution in [3.8, 4) is 23.0 Å². The minimum Gasteiger partial charge on any atom is -0.497 e. The summed E-state index contributed by atoms with van der Waals surface area (Å²) in [6.45, 7) is 0. The van der Waals surface area contributed by atoms with Crippen LogP contribution in [0.4, 0.5) is 11.4 Å². The maximum Gasteiger partial charge on any atom is 0.281 e. The lowest BCUT2D eigenvalue weighted by Gasteiger charge is -2.15. The average molecular weight is 489 g/mol. The molecule has 4 rings (SSSR count). The number of methoxy groups -OCH3 is 4. The first-order valence-corrected chi connectivity index (χ1v) is 10.7. The minimum atomic E-state index is -0.504. The molecule has 184 valence electrons. The zero-order valence-corrected chi connectivity index (χ0v) is 20.1. The first-order valence-electron chi connectivity index (χ1n) is 10.7. The molecule has 0 bridgehead atoms. The number of nitro benzene ring substituents is 1. The number of hydrogen-bond donors (Lipinski definition) is 0. The summed E-state index contributed by atoms with van der Waals surface area (Å²) in [6.07, 6.45) is 1.66. The number of non-ortho nitro benzene ring substituents is 1. The average Bonchev–Trinajstić information content (AvgIpc) is 3.23. The number of carbonyl (C=O) groups excluding carboxylic acids is 1. The molecule has 36 heavy (non-hydrogen) atoms. The number of hydrogen-bond acceptors (Lipinski definition) is 8. The Morgan fingerprint density at radius 3 is 2.06 bits per heavy atom. The fourth-order valence-corrected chi connectivity index (χ4v) is 3.79. The third-order valence-electron chi connectivity index (χ3n) is 5.58. The quantitative estimate of drug-likeness (QED) is 0.261. The molecule has 0 radical (unpaired) electrons. The Morgan fingerprint density at radius 2 is 1.50 bits per heavy atom. The second-order valence-electron chi connectivity index (χ2n) is 7.55. The summed E-state index contributed by atoms with van der Waals surface area (Å²) in [4.78, 5) is 24.1. The second-order valence-corrected chi connectivity index (χ2v) is 7.55. The highest BCUT2D eigenvalue weighted by Gasteiger charge is 2.33. The van der Waals surface area contributed by atoms with Crippen LogP contribution < -0.4 is 24.0 Å². The van der Waals surface area contributed by atoms with E-state index in [2.05, 4.69) is 5.10 Å². The smallest absolute Gasteiger partial charge is 0.281 e. The minimum absolute atomic E-state index is 0.0874. The van der Waals surface area contributed by atoms with Gasteiger partial charge in [-0.25, -0.2) is 0 Å². The van der Waals surface area contributed by atoms with Crippen LogP contribution in [0.2, 0.25) is 0 Å².